The van der Waals surface area contributed by atoms with Gasteiger partial charge in [0.1, 0.15) is 6.61 Å². The fourth-order valence-corrected chi connectivity index (χ4v) is 2.80. The highest BCUT2D eigenvalue weighted by atomic mass is 28.4. The van der Waals surface area contributed by atoms with Crippen molar-refractivity contribution in [2.45, 2.75) is 58.9 Å². The average Bonchev–Trinajstić information content (AvgIpc) is 2.73. The highest BCUT2D eigenvalue weighted by Crippen LogP contribution is 2.32. The van der Waals surface area contributed by atoms with E-state index >= 15 is 0 Å². The van der Waals surface area contributed by atoms with E-state index in [1.165, 1.54) is 11.1 Å². The zero-order chi connectivity index (χ0) is 14.5. The molecule has 0 aromatic rings. The molecule has 0 saturated heterocycles. The molecule has 1 fully saturated rings. The molecule has 1 rings (SSSR count). The van der Waals surface area contributed by atoms with Crippen molar-refractivity contribution in [3.63, 3.8) is 0 Å². The van der Waals surface area contributed by atoms with E-state index in [1.807, 2.05) is 0 Å². The molecule has 0 N–H and O–H groups in total. The zero-order valence-corrected chi connectivity index (χ0v) is 14.2. The minimum Gasteiger partial charge on any atom is -0.520 e. The van der Waals surface area contributed by atoms with Gasteiger partial charge in [0, 0.05) is 12.7 Å². The minimum absolute atomic E-state index is 0.165. The van der Waals surface area contributed by atoms with Gasteiger partial charge in [-0.25, -0.2) is 0 Å². The minimum atomic E-state index is -1.67. The summed E-state index contributed by atoms with van der Waals surface area (Å²) in [7, 11) is 0.0956. The normalized spacial score (nSPS) is 22.1. The molecule has 0 amide bonds. The second-order valence-electron chi connectivity index (χ2n) is 6.24. The van der Waals surface area contributed by atoms with Gasteiger partial charge in [-0.1, -0.05) is 5.57 Å². The number of allylic oxidation sites excluding steroid dienone is 1. The van der Waals surface area contributed by atoms with Gasteiger partial charge in [0.25, 0.3) is 5.95 Å². The van der Waals surface area contributed by atoms with Crippen molar-refractivity contribution < 1.29 is 13.9 Å². The largest absolute Gasteiger partial charge is 0.520 e. The van der Waals surface area contributed by atoms with Crippen molar-refractivity contribution >= 4 is 8.32 Å². The number of methoxy groups -OCH3 is 1. The van der Waals surface area contributed by atoms with Gasteiger partial charge < -0.3 is 13.9 Å². The van der Waals surface area contributed by atoms with Crippen LogP contribution in [0.25, 0.3) is 0 Å². The number of rotatable bonds is 6. The maximum absolute atomic E-state index is 6.12. The molecular formula is C15H28O3Si. The third kappa shape index (κ3) is 5.83. The van der Waals surface area contributed by atoms with Crippen LogP contribution in [0.2, 0.25) is 19.6 Å². The van der Waals surface area contributed by atoms with Crippen molar-refractivity contribution in [2.24, 2.45) is 0 Å². The lowest BCUT2D eigenvalue weighted by Crippen LogP contribution is -2.27. The van der Waals surface area contributed by atoms with E-state index in [1.54, 1.807) is 7.11 Å². The number of hydrogen-bond acceptors (Lipinski definition) is 3. The predicted molar refractivity (Wildman–Crippen MR) is 81.5 cm³/mol. The van der Waals surface area contributed by atoms with Gasteiger partial charge in [-0.05, 0) is 58.8 Å². The molecule has 0 radical (unpaired) electrons. The lowest BCUT2D eigenvalue weighted by atomic mass is 10.2. The maximum atomic E-state index is 6.12. The highest BCUT2D eigenvalue weighted by molar-refractivity contribution is 6.70. The quantitative estimate of drug-likeness (QED) is 0.415. The van der Waals surface area contributed by atoms with E-state index in [0.29, 0.717) is 6.61 Å². The first-order chi connectivity index (χ1) is 8.83. The lowest BCUT2D eigenvalue weighted by molar-refractivity contribution is 0.0910. The second kappa shape index (κ2) is 7.15. The van der Waals surface area contributed by atoms with E-state index in [0.717, 1.165) is 25.2 Å². The molecule has 0 heterocycles. The Hall–Kier alpha value is -0.743. The third-order valence-corrected chi connectivity index (χ3v) is 3.75. The molecule has 1 saturated carbocycles. The van der Waals surface area contributed by atoms with Crippen LogP contribution >= 0.6 is 0 Å². The Kier molecular flexibility index (Phi) is 6.14. The Morgan fingerprint density at radius 2 is 2.00 bits per heavy atom. The van der Waals surface area contributed by atoms with Gasteiger partial charge in [0.05, 0.1) is 6.10 Å². The molecular weight excluding hydrogens is 256 g/mol. The molecule has 1 atom stereocenters. The topological polar surface area (TPSA) is 27.7 Å². The van der Waals surface area contributed by atoms with Crippen LogP contribution < -0.4 is 0 Å². The Labute approximate surface area is 118 Å². The van der Waals surface area contributed by atoms with Crippen molar-refractivity contribution in [3.05, 3.63) is 23.2 Å². The summed E-state index contributed by atoms with van der Waals surface area (Å²) in [5.41, 5.74) is 2.46. The van der Waals surface area contributed by atoms with Gasteiger partial charge >= 0.3 is 0 Å². The van der Waals surface area contributed by atoms with Crippen LogP contribution in [0.4, 0.5) is 0 Å². The molecule has 3 nitrogen and oxygen atoms in total. The summed E-state index contributed by atoms with van der Waals surface area (Å²) in [5, 5.41) is 0. The van der Waals surface area contributed by atoms with Crippen LogP contribution in [0.15, 0.2) is 23.2 Å². The molecule has 19 heavy (non-hydrogen) atoms. The predicted octanol–water partition coefficient (Wildman–Crippen LogP) is 4.23. The first kappa shape index (κ1) is 16.3. The Bertz CT molecular complexity index is 349. The Morgan fingerprint density at radius 3 is 2.53 bits per heavy atom. The summed E-state index contributed by atoms with van der Waals surface area (Å²) < 4.78 is 17.5. The molecule has 4 heteroatoms. The third-order valence-electron chi connectivity index (χ3n) is 2.95. The van der Waals surface area contributed by atoms with Crippen molar-refractivity contribution in [3.8, 4) is 0 Å². The van der Waals surface area contributed by atoms with Crippen molar-refractivity contribution in [1.82, 2.24) is 0 Å². The smallest absolute Gasteiger partial charge is 0.267 e. The monoisotopic (exact) mass is 284 g/mol. The Balaban J connectivity index is 2.85. The fraction of sp³-hybridized carbons (Fsp3) is 0.733. The van der Waals surface area contributed by atoms with E-state index in [-0.39, 0.29) is 6.10 Å². The SMILES string of the molecule is CO[C@H]1CCC/C1=C(\OCC=C(C)C)O[Si](C)(C)C. The van der Waals surface area contributed by atoms with Gasteiger partial charge in [-0.15, -0.1) is 0 Å². The van der Waals surface area contributed by atoms with Crippen LogP contribution in [0.3, 0.4) is 0 Å². The first-order valence-electron chi connectivity index (χ1n) is 7.04. The second-order valence-corrected chi connectivity index (χ2v) is 10.7. The van der Waals surface area contributed by atoms with Crippen LogP contribution in [0.1, 0.15) is 33.1 Å². The van der Waals surface area contributed by atoms with Gasteiger partial charge in [0.15, 0.2) is 0 Å². The first-order valence-corrected chi connectivity index (χ1v) is 10.5. The lowest BCUT2D eigenvalue weighted by Gasteiger charge is -2.24. The van der Waals surface area contributed by atoms with E-state index < -0.39 is 8.32 Å². The summed E-state index contributed by atoms with van der Waals surface area (Å²) in [6.07, 6.45) is 5.48. The molecule has 0 aromatic heterocycles. The van der Waals surface area contributed by atoms with Crippen molar-refractivity contribution in [2.75, 3.05) is 13.7 Å². The summed E-state index contributed by atoms with van der Waals surface area (Å²) in [5.74, 6) is 0.723. The molecule has 1 aliphatic carbocycles. The van der Waals surface area contributed by atoms with Crippen molar-refractivity contribution in [1.29, 1.82) is 0 Å². The molecule has 110 valence electrons. The van der Waals surface area contributed by atoms with Crippen LogP contribution in [0.5, 0.6) is 0 Å². The number of ether oxygens (including phenoxy) is 2. The summed E-state index contributed by atoms with van der Waals surface area (Å²) >= 11 is 0. The highest BCUT2D eigenvalue weighted by Gasteiger charge is 2.29. The van der Waals surface area contributed by atoms with Crippen LogP contribution in [-0.2, 0) is 13.9 Å². The number of hydrogen-bond donors (Lipinski definition) is 0. The fourth-order valence-electron chi connectivity index (χ4n) is 2.06. The Morgan fingerprint density at radius 1 is 1.32 bits per heavy atom. The van der Waals surface area contributed by atoms with E-state index in [2.05, 4.69) is 39.6 Å². The maximum Gasteiger partial charge on any atom is 0.267 e. The van der Waals surface area contributed by atoms with E-state index in [4.69, 9.17) is 13.9 Å². The molecule has 0 unspecified atom stereocenters. The summed E-state index contributed by atoms with van der Waals surface area (Å²) in [6.45, 7) is 11.2. The standard InChI is InChI=1S/C15H28O3Si/c1-12(2)10-11-17-15(18-19(4,5)6)13-8-7-9-14(13)16-3/h10,14H,7-9,11H2,1-6H3/b15-13-/t14-/m0/s1. The van der Waals surface area contributed by atoms with Crippen LogP contribution in [-0.4, -0.2) is 28.1 Å². The van der Waals surface area contributed by atoms with Gasteiger partial charge in [0.2, 0.25) is 8.32 Å². The van der Waals surface area contributed by atoms with Gasteiger partial charge in [-0.2, -0.15) is 0 Å². The average molecular weight is 284 g/mol. The summed E-state index contributed by atoms with van der Waals surface area (Å²) in [4.78, 5) is 0. The molecule has 0 spiro atoms. The molecule has 0 bridgehead atoms. The van der Waals surface area contributed by atoms with Gasteiger partial charge in [-0.3, -0.25) is 0 Å². The van der Waals surface area contributed by atoms with Crippen LogP contribution in [0, 0.1) is 0 Å². The molecule has 1 aliphatic rings. The zero-order valence-electron chi connectivity index (χ0n) is 13.2. The van der Waals surface area contributed by atoms with E-state index in [9.17, 15) is 0 Å². The molecule has 0 aromatic carbocycles. The molecule has 0 aliphatic heterocycles. The summed E-state index contributed by atoms with van der Waals surface area (Å²) in [6, 6.07) is 0.